The largest absolute Gasteiger partial charge is 0.466 e. The van der Waals surface area contributed by atoms with E-state index in [4.69, 9.17) is 4.74 Å². The Morgan fingerprint density at radius 2 is 2.00 bits per heavy atom. The second kappa shape index (κ2) is 8.50. The lowest BCUT2D eigenvalue weighted by molar-refractivity contribution is -0.148. The first kappa shape index (κ1) is 21.0. The van der Waals surface area contributed by atoms with Crippen molar-refractivity contribution < 1.29 is 17.9 Å². The molecule has 0 saturated carbocycles. The molecular formula is C20H24N6O4S. The number of carbonyl (C=O) groups is 1. The highest BCUT2D eigenvalue weighted by Gasteiger charge is 2.30. The lowest BCUT2D eigenvalue weighted by atomic mass is 9.98. The van der Waals surface area contributed by atoms with Gasteiger partial charge in [0.2, 0.25) is 0 Å². The first-order valence-corrected chi connectivity index (χ1v) is 11.6. The Hall–Kier alpha value is -3.21. The summed E-state index contributed by atoms with van der Waals surface area (Å²) in [7, 11) is -2.27. The number of benzene rings is 1. The van der Waals surface area contributed by atoms with Crippen LogP contribution in [0.3, 0.4) is 0 Å². The number of anilines is 2. The van der Waals surface area contributed by atoms with E-state index in [0.29, 0.717) is 43.0 Å². The summed E-state index contributed by atoms with van der Waals surface area (Å²) in [6.07, 6.45) is 4.15. The second-order valence-electron chi connectivity index (χ2n) is 7.38. The number of fused-ring (bicyclic) bond motifs is 1. The standard InChI is InChI=1S/C20H24N6O4S/c1-3-30-20(27)14-7-6-10-26(12-14)19-18(22-16-8-4-5-9-17(16)23-19)24-31(28,29)15-11-21-25(2)13-15/h4-5,8-9,11,13-14H,3,6-7,10,12H2,1-2H3,(H,22,24)/t14-/m0/s1. The van der Waals surface area contributed by atoms with Crippen LogP contribution in [0.25, 0.3) is 11.0 Å². The van der Waals surface area contributed by atoms with Gasteiger partial charge in [-0.25, -0.2) is 18.4 Å². The maximum atomic E-state index is 12.9. The average molecular weight is 445 g/mol. The molecule has 1 aliphatic heterocycles. The first-order valence-electron chi connectivity index (χ1n) is 10.1. The summed E-state index contributed by atoms with van der Waals surface area (Å²) in [5.74, 6) is -0.0459. The molecule has 0 amide bonds. The van der Waals surface area contributed by atoms with E-state index in [0.717, 1.165) is 6.42 Å². The van der Waals surface area contributed by atoms with Gasteiger partial charge in [0.05, 0.1) is 29.8 Å². The maximum Gasteiger partial charge on any atom is 0.310 e. The van der Waals surface area contributed by atoms with E-state index in [2.05, 4.69) is 19.8 Å². The first-order chi connectivity index (χ1) is 14.9. The summed E-state index contributed by atoms with van der Waals surface area (Å²) in [5, 5.41) is 3.93. The van der Waals surface area contributed by atoms with Crippen molar-refractivity contribution in [1.29, 1.82) is 0 Å². The van der Waals surface area contributed by atoms with Crippen LogP contribution in [0.1, 0.15) is 19.8 Å². The van der Waals surface area contributed by atoms with Gasteiger partial charge in [0, 0.05) is 26.3 Å². The van der Waals surface area contributed by atoms with Gasteiger partial charge in [0.15, 0.2) is 11.6 Å². The van der Waals surface area contributed by atoms with Crippen LogP contribution in [0.15, 0.2) is 41.6 Å². The van der Waals surface area contributed by atoms with Crippen LogP contribution in [-0.2, 0) is 26.6 Å². The summed E-state index contributed by atoms with van der Waals surface area (Å²) in [4.78, 5) is 23.4. The molecule has 0 spiro atoms. The van der Waals surface area contributed by atoms with Crippen molar-refractivity contribution in [2.75, 3.05) is 29.3 Å². The Bertz CT molecular complexity index is 1210. The molecule has 164 valence electrons. The summed E-state index contributed by atoms with van der Waals surface area (Å²) in [6, 6.07) is 7.25. The van der Waals surface area contributed by atoms with E-state index in [9.17, 15) is 13.2 Å². The number of piperidine rings is 1. The number of ether oxygens (including phenoxy) is 1. The van der Waals surface area contributed by atoms with Crippen LogP contribution < -0.4 is 9.62 Å². The van der Waals surface area contributed by atoms with Gasteiger partial charge in [-0.3, -0.25) is 14.2 Å². The fourth-order valence-corrected chi connectivity index (χ4v) is 4.61. The van der Waals surface area contributed by atoms with Crippen molar-refractivity contribution in [3.63, 3.8) is 0 Å². The molecule has 3 heterocycles. The zero-order valence-electron chi connectivity index (χ0n) is 17.4. The third-order valence-corrected chi connectivity index (χ3v) is 6.41. The highest BCUT2D eigenvalue weighted by molar-refractivity contribution is 7.92. The summed E-state index contributed by atoms with van der Waals surface area (Å²) in [6.45, 7) is 3.11. The molecule has 1 atom stereocenters. The van der Waals surface area contributed by atoms with Crippen LogP contribution in [0.4, 0.5) is 11.6 Å². The molecule has 10 nitrogen and oxygen atoms in total. The Morgan fingerprint density at radius 3 is 2.68 bits per heavy atom. The second-order valence-corrected chi connectivity index (χ2v) is 9.06. The van der Waals surface area contributed by atoms with Gasteiger partial charge in [-0.2, -0.15) is 5.10 Å². The van der Waals surface area contributed by atoms with Gasteiger partial charge in [0.25, 0.3) is 10.0 Å². The number of hydrogen-bond donors (Lipinski definition) is 1. The number of esters is 1. The predicted octanol–water partition coefficient (Wildman–Crippen LogP) is 1.94. The molecule has 1 aromatic carbocycles. The summed E-state index contributed by atoms with van der Waals surface area (Å²) in [5.41, 5.74) is 1.20. The van der Waals surface area contributed by atoms with E-state index < -0.39 is 10.0 Å². The van der Waals surface area contributed by atoms with Crippen molar-refractivity contribution in [3.8, 4) is 0 Å². The van der Waals surface area contributed by atoms with E-state index >= 15 is 0 Å². The number of sulfonamides is 1. The molecule has 0 bridgehead atoms. The smallest absolute Gasteiger partial charge is 0.310 e. The zero-order chi connectivity index (χ0) is 22.0. The maximum absolute atomic E-state index is 12.9. The molecule has 0 unspecified atom stereocenters. The molecule has 1 saturated heterocycles. The number of carbonyl (C=O) groups excluding carboxylic acids is 1. The SMILES string of the molecule is CCOC(=O)[C@H]1CCCN(c2nc3ccccc3nc2NS(=O)(=O)c2cnn(C)c2)C1. The van der Waals surface area contributed by atoms with Gasteiger partial charge in [-0.1, -0.05) is 12.1 Å². The van der Waals surface area contributed by atoms with E-state index in [1.54, 1.807) is 20.0 Å². The van der Waals surface area contributed by atoms with Crippen molar-refractivity contribution in [2.45, 2.75) is 24.7 Å². The molecule has 11 heteroatoms. The fourth-order valence-electron chi connectivity index (χ4n) is 3.63. The highest BCUT2D eigenvalue weighted by Crippen LogP contribution is 2.31. The predicted molar refractivity (Wildman–Crippen MR) is 115 cm³/mol. The zero-order valence-corrected chi connectivity index (χ0v) is 18.2. The Kier molecular flexibility index (Phi) is 5.77. The lowest BCUT2D eigenvalue weighted by Crippen LogP contribution is -2.40. The van der Waals surface area contributed by atoms with E-state index in [1.165, 1.54) is 17.1 Å². The van der Waals surface area contributed by atoms with Crippen LogP contribution in [0.2, 0.25) is 0 Å². The number of nitrogens with zero attached hydrogens (tertiary/aromatic N) is 5. The number of rotatable bonds is 6. The average Bonchev–Trinajstić information content (AvgIpc) is 3.21. The molecule has 0 aliphatic carbocycles. The van der Waals surface area contributed by atoms with Crippen molar-refractivity contribution >= 4 is 38.7 Å². The van der Waals surface area contributed by atoms with E-state index in [-0.39, 0.29) is 22.6 Å². The van der Waals surface area contributed by atoms with Gasteiger partial charge in [-0.15, -0.1) is 0 Å². The number of aromatic nitrogens is 4. The van der Waals surface area contributed by atoms with Gasteiger partial charge in [0.1, 0.15) is 4.90 Å². The number of hydrogen-bond acceptors (Lipinski definition) is 8. The molecule has 31 heavy (non-hydrogen) atoms. The molecule has 3 aromatic rings. The fraction of sp³-hybridized carbons (Fsp3) is 0.400. The topological polar surface area (TPSA) is 119 Å². The van der Waals surface area contributed by atoms with Crippen LogP contribution in [0, 0.1) is 5.92 Å². The van der Waals surface area contributed by atoms with Crippen molar-refractivity contribution in [3.05, 3.63) is 36.7 Å². The van der Waals surface area contributed by atoms with Gasteiger partial charge >= 0.3 is 5.97 Å². The van der Waals surface area contributed by atoms with Gasteiger partial charge in [-0.05, 0) is 31.9 Å². The quantitative estimate of drug-likeness (QED) is 0.573. The molecule has 1 aliphatic rings. The molecule has 1 fully saturated rings. The minimum Gasteiger partial charge on any atom is -0.466 e. The Morgan fingerprint density at radius 1 is 1.26 bits per heavy atom. The number of nitrogens with one attached hydrogen (secondary N) is 1. The minimum absolute atomic E-state index is 0.0268. The highest BCUT2D eigenvalue weighted by atomic mass is 32.2. The number of para-hydroxylation sites is 2. The lowest BCUT2D eigenvalue weighted by Gasteiger charge is -2.33. The summed E-state index contributed by atoms with van der Waals surface area (Å²) < 4.78 is 35.0. The Balaban J connectivity index is 1.72. The monoisotopic (exact) mass is 444 g/mol. The number of aryl methyl sites for hydroxylation is 1. The molecule has 4 rings (SSSR count). The normalized spacial score (nSPS) is 17.0. The minimum atomic E-state index is -3.91. The van der Waals surface area contributed by atoms with Crippen LogP contribution in [0.5, 0.6) is 0 Å². The third-order valence-electron chi connectivity index (χ3n) is 5.12. The third kappa shape index (κ3) is 4.46. The van der Waals surface area contributed by atoms with Gasteiger partial charge < -0.3 is 9.64 Å². The van der Waals surface area contributed by atoms with Crippen molar-refractivity contribution in [2.24, 2.45) is 13.0 Å². The van der Waals surface area contributed by atoms with Crippen molar-refractivity contribution in [1.82, 2.24) is 19.7 Å². The van der Waals surface area contributed by atoms with Crippen LogP contribution in [-0.4, -0.2) is 53.8 Å². The molecular weight excluding hydrogens is 420 g/mol. The molecule has 1 N–H and O–H groups in total. The summed E-state index contributed by atoms with van der Waals surface area (Å²) >= 11 is 0. The Labute approximate surface area is 180 Å². The van der Waals surface area contributed by atoms with Crippen LogP contribution >= 0.6 is 0 Å². The molecule has 0 radical (unpaired) electrons. The molecule has 2 aromatic heterocycles. The van der Waals surface area contributed by atoms with E-state index in [1.807, 2.05) is 23.1 Å².